The number of rotatable bonds is 5. The van der Waals surface area contributed by atoms with Crippen LogP contribution in [-0.4, -0.2) is 43.7 Å². The van der Waals surface area contributed by atoms with E-state index in [0.717, 1.165) is 24.4 Å². The van der Waals surface area contributed by atoms with E-state index < -0.39 is 0 Å². The number of anilines is 1. The molecule has 0 spiro atoms. The Labute approximate surface area is 118 Å². The van der Waals surface area contributed by atoms with Crippen molar-refractivity contribution in [3.63, 3.8) is 0 Å². The van der Waals surface area contributed by atoms with E-state index in [9.17, 15) is 4.79 Å². The zero-order chi connectivity index (χ0) is 13.5. The third-order valence-electron chi connectivity index (χ3n) is 3.04. The number of thioether (sulfide) groups is 1. The number of hydrogen-bond acceptors (Lipinski definition) is 4. The second-order valence-corrected chi connectivity index (χ2v) is 5.48. The number of benzene rings is 1. The summed E-state index contributed by atoms with van der Waals surface area (Å²) < 4.78 is 5.41. The first-order chi connectivity index (χ1) is 9.29. The van der Waals surface area contributed by atoms with Gasteiger partial charge in [0.1, 0.15) is 6.10 Å². The fourth-order valence-corrected chi connectivity index (χ4v) is 2.37. The Kier molecular flexibility index (Phi) is 5.69. The van der Waals surface area contributed by atoms with E-state index in [4.69, 9.17) is 4.74 Å². The lowest BCUT2D eigenvalue weighted by Crippen LogP contribution is -2.45. The minimum absolute atomic E-state index is 0.0796. The summed E-state index contributed by atoms with van der Waals surface area (Å²) in [6.45, 7) is 1.98. The van der Waals surface area contributed by atoms with Crippen LogP contribution in [0.1, 0.15) is 5.56 Å². The van der Waals surface area contributed by atoms with Gasteiger partial charge in [-0.15, -0.1) is 0 Å². The molecule has 1 atom stereocenters. The summed E-state index contributed by atoms with van der Waals surface area (Å²) in [5, 5.41) is 6.03. The van der Waals surface area contributed by atoms with Crippen LogP contribution in [0, 0.1) is 0 Å². The molecular weight excluding hydrogens is 260 g/mol. The first-order valence-electron chi connectivity index (χ1n) is 6.50. The van der Waals surface area contributed by atoms with Gasteiger partial charge in [0, 0.05) is 18.8 Å². The molecule has 4 nitrogen and oxygen atoms in total. The van der Waals surface area contributed by atoms with Crippen LogP contribution in [0.4, 0.5) is 5.69 Å². The average Bonchev–Trinajstić information content (AvgIpc) is 2.47. The van der Waals surface area contributed by atoms with E-state index in [1.807, 2.05) is 23.9 Å². The van der Waals surface area contributed by atoms with E-state index in [0.29, 0.717) is 13.2 Å². The summed E-state index contributed by atoms with van der Waals surface area (Å²) in [6, 6.07) is 8.02. The van der Waals surface area contributed by atoms with Gasteiger partial charge in [-0.2, -0.15) is 11.8 Å². The zero-order valence-corrected chi connectivity index (χ0v) is 12.0. The van der Waals surface area contributed by atoms with Crippen LogP contribution < -0.4 is 10.6 Å². The summed E-state index contributed by atoms with van der Waals surface area (Å²) in [6.07, 6.45) is 2.78. The maximum atomic E-state index is 11.9. The molecule has 0 saturated carbocycles. The van der Waals surface area contributed by atoms with Crippen LogP contribution >= 0.6 is 11.8 Å². The largest absolute Gasteiger partial charge is 0.366 e. The first kappa shape index (κ1) is 14.4. The topological polar surface area (TPSA) is 50.4 Å². The van der Waals surface area contributed by atoms with Gasteiger partial charge in [-0.25, -0.2) is 0 Å². The Morgan fingerprint density at radius 3 is 2.89 bits per heavy atom. The maximum absolute atomic E-state index is 11.9. The summed E-state index contributed by atoms with van der Waals surface area (Å²) >= 11 is 1.84. The molecule has 0 bridgehead atoms. The lowest BCUT2D eigenvalue weighted by Gasteiger charge is -2.22. The quantitative estimate of drug-likeness (QED) is 0.858. The molecule has 0 aliphatic carbocycles. The number of nitrogens with one attached hydrogen (secondary N) is 2. The molecule has 1 aromatic carbocycles. The average molecular weight is 280 g/mol. The van der Waals surface area contributed by atoms with Crippen molar-refractivity contribution in [2.24, 2.45) is 0 Å². The van der Waals surface area contributed by atoms with Gasteiger partial charge < -0.3 is 15.4 Å². The highest BCUT2D eigenvalue weighted by Gasteiger charge is 2.21. The van der Waals surface area contributed by atoms with Gasteiger partial charge in [0.15, 0.2) is 0 Å². The number of carbonyl (C=O) groups excluding carboxylic acids is 1. The molecule has 0 radical (unpaired) electrons. The molecule has 0 aromatic heterocycles. The highest BCUT2D eigenvalue weighted by atomic mass is 32.2. The number of ether oxygens (including phenoxy) is 1. The monoisotopic (exact) mass is 280 g/mol. The summed E-state index contributed by atoms with van der Waals surface area (Å²) in [7, 11) is 0. The molecule has 2 rings (SSSR count). The lowest BCUT2D eigenvalue weighted by molar-refractivity contribution is -0.128. The highest BCUT2D eigenvalue weighted by molar-refractivity contribution is 7.98. The van der Waals surface area contributed by atoms with Crippen molar-refractivity contribution in [3.05, 3.63) is 29.8 Å². The van der Waals surface area contributed by atoms with Crippen LogP contribution in [0.3, 0.4) is 0 Å². The van der Waals surface area contributed by atoms with Gasteiger partial charge in [-0.3, -0.25) is 4.79 Å². The molecule has 2 N–H and O–H groups in total. The molecule has 104 valence electrons. The molecule has 1 heterocycles. The van der Waals surface area contributed by atoms with Crippen LogP contribution in [0.15, 0.2) is 24.3 Å². The molecule has 19 heavy (non-hydrogen) atoms. The number of morpholine rings is 1. The minimum atomic E-state index is -0.384. The Morgan fingerprint density at radius 1 is 1.47 bits per heavy atom. The highest BCUT2D eigenvalue weighted by Crippen LogP contribution is 2.12. The fourth-order valence-electron chi connectivity index (χ4n) is 1.93. The zero-order valence-electron chi connectivity index (χ0n) is 11.1. The Hall–Kier alpha value is -1.04. The third-order valence-corrected chi connectivity index (χ3v) is 3.65. The molecule has 1 aliphatic heterocycles. The van der Waals surface area contributed by atoms with Crippen molar-refractivity contribution in [1.29, 1.82) is 0 Å². The SMILES string of the molecule is CSCCc1ccc(NC(=O)C2CNCCO2)cc1. The smallest absolute Gasteiger partial charge is 0.254 e. The van der Waals surface area contributed by atoms with Crippen molar-refractivity contribution < 1.29 is 9.53 Å². The van der Waals surface area contributed by atoms with Gasteiger partial charge in [0.05, 0.1) is 6.61 Å². The van der Waals surface area contributed by atoms with Crippen LogP contribution in [0.5, 0.6) is 0 Å². The summed E-state index contributed by atoms with van der Waals surface area (Å²) in [4.78, 5) is 11.9. The predicted octanol–water partition coefficient (Wildman–Crippen LogP) is 1.52. The van der Waals surface area contributed by atoms with Gasteiger partial charge >= 0.3 is 0 Å². The second-order valence-electron chi connectivity index (χ2n) is 4.49. The van der Waals surface area contributed by atoms with Gasteiger partial charge in [0.2, 0.25) is 0 Å². The van der Waals surface area contributed by atoms with E-state index in [1.165, 1.54) is 5.56 Å². The van der Waals surface area contributed by atoms with Crippen LogP contribution in [0.2, 0.25) is 0 Å². The number of amides is 1. The number of hydrogen-bond donors (Lipinski definition) is 2. The van der Waals surface area contributed by atoms with Gasteiger partial charge in [-0.05, 0) is 36.1 Å². The van der Waals surface area contributed by atoms with Gasteiger partial charge in [0.25, 0.3) is 5.91 Å². The standard InChI is InChI=1S/C14H20N2O2S/c1-19-9-6-11-2-4-12(5-3-11)16-14(17)13-10-15-7-8-18-13/h2-5,13,15H,6-10H2,1H3,(H,16,17). The van der Waals surface area contributed by atoms with Crippen LogP contribution in [0.25, 0.3) is 0 Å². The normalized spacial score (nSPS) is 19.1. The Morgan fingerprint density at radius 2 is 2.26 bits per heavy atom. The lowest BCUT2D eigenvalue weighted by atomic mass is 10.1. The van der Waals surface area contributed by atoms with Crippen molar-refractivity contribution >= 4 is 23.4 Å². The second kappa shape index (κ2) is 7.53. The van der Waals surface area contributed by atoms with E-state index in [2.05, 4.69) is 29.0 Å². The third kappa shape index (κ3) is 4.53. The molecule has 1 saturated heterocycles. The predicted molar refractivity (Wildman–Crippen MR) is 79.8 cm³/mol. The summed E-state index contributed by atoms with van der Waals surface area (Å²) in [5.41, 5.74) is 2.12. The van der Waals surface area contributed by atoms with E-state index in [1.54, 1.807) is 0 Å². The number of aryl methyl sites for hydroxylation is 1. The summed E-state index contributed by atoms with van der Waals surface area (Å²) in [5.74, 6) is 1.04. The molecule has 1 aliphatic rings. The van der Waals surface area contributed by atoms with Crippen molar-refractivity contribution in [2.75, 3.05) is 37.0 Å². The Balaban J connectivity index is 1.86. The van der Waals surface area contributed by atoms with E-state index in [-0.39, 0.29) is 12.0 Å². The fraction of sp³-hybridized carbons (Fsp3) is 0.500. The molecule has 5 heteroatoms. The molecule has 1 fully saturated rings. The molecule has 1 aromatic rings. The molecule has 1 unspecified atom stereocenters. The van der Waals surface area contributed by atoms with Crippen molar-refractivity contribution in [3.8, 4) is 0 Å². The minimum Gasteiger partial charge on any atom is -0.366 e. The first-order valence-corrected chi connectivity index (χ1v) is 7.90. The Bertz CT molecular complexity index is 402. The van der Waals surface area contributed by atoms with E-state index >= 15 is 0 Å². The maximum Gasteiger partial charge on any atom is 0.254 e. The molecular formula is C14H20N2O2S. The van der Waals surface area contributed by atoms with Gasteiger partial charge in [-0.1, -0.05) is 12.1 Å². The van der Waals surface area contributed by atoms with Crippen LogP contribution in [-0.2, 0) is 16.0 Å². The van der Waals surface area contributed by atoms with Crippen molar-refractivity contribution in [1.82, 2.24) is 5.32 Å². The molecule has 1 amide bonds. The number of carbonyl (C=O) groups is 1. The van der Waals surface area contributed by atoms with Crippen molar-refractivity contribution in [2.45, 2.75) is 12.5 Å².